The lowest BCUT2D eigenvalue weighted by molar-refractivity contribution is 0.122. The van der Waals surface area contributed by atoms with E-state index in [4.69, 9.17) is 4.74 Å². The van der Waals surface area contributed by atoms with Crippen LogP contribution in [0.25, 0.3) is 0 Å². The minimum atomic E-state index is 0.110. The second kappa shape index (κ2) is 6.89. The van der Waals surface area contributed by atoms with E-state index in [9.17, 15) is 4.79 Å². The molecule has 1 aliphatic carbocycles. The summed E-state index contributed by atoms with van der Waals surface area (Å²) in [4.78, 5) is 18.9. The topological polar surface area (TPSA) is 48.1 Å². The Morgan fingerprint density at radius 3 is 2.08 bits per heavy atom. The zero-order valence-corrected chi connectivity index (χ0v) is 14.1. The molecular formula is C18H26N4O2. The molecule has 3 fully saturated rings. The van der Waals surface area contributed by atoms with Gasteiger partial charge in [-0.15, -0.1) is 0 Å². The number of para-hydroxylation sites is 2. The van der Waals surface area contributed by atoms with Crippen LogP contribution in [0, 0.1) is 0 Å². The first-order chi connectivity index (χ1) is 11.8. The maximum Gasteiger partial charge on any atom is 0.317 e. The van der Waals surface area contributed by atoms with E-state index in [0.29, 0.717) is 6.04 Å². The van der Waals surface area contributed by atoms with Gasteiger partial charge in [0.2, 0.25) is 0 Å². The van der Waals surface area contributed by atoms with E-state index in [0.717, 1.165) is 65.3 Å². The number of carbonyl (C=O) groups excluding carboxylic acids is 1. The van der Waals surface area contributed by atoms with E-state index in [2.05, 4.69) is 39.4 Å². The number of ether oxygens (including phenoxy) is 1. The standard InChI is InChI=1S/C18H26N4O2/c23-18(19-15-5-6-15)22-9-7-20(8-10-22)16-3-1-2-4-17(16)21-11-13-24-14-12-21/h1-4,15H,5-14H2,(H,19,23). The number of urea groups is 1. The van der Waals surface area contributed by atoms with Gasteiger partial charge >= 0.3 is 6.03 Å². The fraction of sp³-hybridized carbons (Fsp3) is 0.611. The van der Waals surface area contributed by atoms with Gasteiger partial charge < -0.3 is 24.8 Å². The van der Waals surface area contributed by atoms with Crippen LogP contribution in [-0.4, -0.2) is 69.5 Å². The van der Waals surface area contributed by atoms with Crippen LogP contribution in [0.15, 0.2) is 24.3 Å². The van der Waals surface area contributed by atoms with Gasteiger partial charge in [0, 0.05) is 45.3 Å². The predicted molar refractivity (Wildman–Crippen MR) is 94.8 cm³/mol. The van der Waals surface area contributed by atoms with Crippen molar-refractivity contribution in [2.75, 3.05) is 62.3 Å². The lowest BCUT2D eigenvalue weighted by Crippen LogP contribution is -2.52. The third kappa shape index (κ3) is 3.43. The molecule has 0 spiro atoms. The Kier molecular flexibility index (Phi) is 4.47. The van der Waals surface area contributed by atoms with Gasteiger partial charge in [-0.1, -0.05) is 12.1 Å². The first kappa shape index (κ1) is 15.6. The fourth-order valence-corrected chi connectivity index (χ4v) is 3.45. The first-order valence-corrected chi connectivity index (χ1v) is 9.03. The maximum atomic E-state index is 12.2. The molecule has 2 heterocycles. The monoisotopic (exact) mass is 330 g/mol. The fourth-order valence-electron chi connectivity index (χ4n) is 3.45. The van der Waals surface area contributed by atoms with E-state index < -0.39 is 0 Å². The molecule has 24 heavy (non-hydrogen) atoms. The van der Waals surface area contributed by atoms with Gasteiger partial charge in [0.25, 0.3) is 0 Å². The second-order valence-corrected chi connectivity index (χ2v) is 6.79. The number of anilines is 2. The molecule has 2 amide bonds. The van der Waals surface area contributed by atoms with E-state index in [1.54, 1.807) is 0 Å². The summed E-state index contributed by atoms with van der Waals surface area (Å²) in [5.74, 6) is 0. The van der Waals surface area contributed by atoms with Crippen LogP contribution in [0.1, 0.15) is 12.8 Å². The summed E-state index contributed by atoms with van der Waals surface area (Å²) in [6, 6.07) is 9.15. The molecule has 0 radical (unpaired) electrons. The molecule has 1 N–H and O–H groups in total. The summed E-state index contributed by atoms with van der Waals surface area (Å²) in [5, 5.41) is 3.09. The Balaban J connectivity index is 1.40. The molecule has 0 aromatic heterocycles. The summed E-state index contributed by atoms with van der Waals surface area (Å²) in [6.45, 7) is 6.83. The summed E-state index contributed by atoms with van der Waals surface area (Å²) in [5.41, 5.74) is 2.57. The summed E-state index contributed by atoms with van der Waals surface area (Å²) in [7, 11) is 0. The van der Waals surface area contributed by atoms with E-state index in [-0.39, 0.29) is 6.03 Å². The van der Waals surface area contributed by atoms with Crippen molar-refractivity contribution in [3.8, 4) is 0 Å². The maximum absolute atomic E-state index is 12.2. The highest BCUT2D eigenvalue weighted by molar-refractivity contribution is 5.76. The van der Waals surface area contributed by atoms with Gasteiger partial charge in [-0.2, -0.15) is 0 Å². The number of piperazine rings is 1. The first-order valence-electron chi connectivity index (χ1n) is 9.03. The van der Waals surface area contributed by atoms with E-state index >= 15 is 0 Å². The number of nitrogens with one attached hydrogen (secondary N) is 1. The number of rotatable bonds is 3. The summed E-state index contributed by atoms with van der Waals surface area (Å²) >= 11 is 0. The van der Waals surface area contributed by atoms with Crippen molar-refractivity contribution in [1.29, 1.82) is 0 Å². The molecule has 1 aromatic carbocycles. The highest BCUT2D eigenvalue weighted by Crippen LogP contribution is 2.30. The SMILES string of the molecule is O=C(NC1CC1)N1CCN(c2ccccc2N2CCOCC2)CC1. The molecule has 6 heteroatoms. The molecule has 2 aliphatic heterocycles. The zero-order chi connectivity index (χ0) is 16.4. The van der Waals surface area contributed by atoms with Crippen LogP contribution in [0.2, 0.25) is 0 Å². The number of carbonyl (C=O) groups is 1. The third-order valence-electron chi connectivity index (χ3n) is 5.05. The molecule has 4 rings (SSSR count). The van der Waals surface area contributed by atoms with Gasteiger partial charge in [-0.05, 0) is 25.0 Å². The molecule has 2 saturated heterocycles. The lowest BCUT2D eigenvalue weighted by Gasteiger charge is -2.39. The molecule has 6 nitrogen and oxygen atoms in total. The van der Waals surface area contributed by atoms with Crippen molar-refractivity contribution in [2.45, 2.75) is 18.9 Å². The molecule has 1 saturated carbocycles. The van der Waals surface area contributed by atoms with Gasteiger partial charge in [-0.25, -0.2) is 4.79 Å². The smallest absolute Gasteiger partial charge is 0.317 e. The Morgan fingerprint density at radius 1 is 0.917 bits per heavy atom. The second-order valence-electron chi connectivity index (χ2n) is 6.79. The van der Waals surface area contributed by atoms with Crippen LogP contribution in [0.4, 0.5) is 16.2 Å². The third-order valence-corrected chi connectivity index (χ3v) is 5.05. The van der Waals surface area contributed by atoms with Crippen molar-refractivity contribution in [2.24, 2.45) is 0 Å². The Morgan fingerprint density at radius 2 is 1.50 bits per heavy atom. The molecular weight excluding hydrogens is 304 g/mol. The van der Waals surface area contributed by atoms with Gasteiger partial charge in [0.05, 0.1) is 24.6 Å². The average Bonchev–Trinajstić information content (AvgIpc) is 3.46. The Hall–Kier alpha value is -1.95. The van der Waals surface area contributed by atoms with E-state index in [1.807, 2.05) is 4.90 Å². The Bertz CT molecular complexity index is 576. The van der Waals surface area contributed by atoms with Crippen molar-refractivity contribution in [3.63, 3.8) is 0 Å². The number of benzene rings is 1. The van der Waals surface area contributed by atoms with Crippen LogP contribution in [0.3, 0.4) is 0 Å². The van der Waals surface area contributed by atoms with Crippen LogP contribution >= 0.6 is 0 Å². The molecule has 0 bridgehead atoms. The highest BCUT2D eigenvalue weighted by Gasteiger charge is 2.28. The highest BCUT2D eigenvalue weighted by atomic mass is 16.5. The molecule has 130 valence electrons. The van der Waals surface area contributed by atoms with Crippen molar-refractivity contribution < 1.29 is 9.53 Å². The summed E-state index contributed by atoms with van der Waals surface area (Å²) < 4.78 is 5.48. The number of amides is 2. The minimum absolute atomic E-state index is 0.110. The number of hydrogen-bond donors (Lipinski definition) is 1. The predicted octanol–water partition coefficient (Wildman–Crippen LogP) is 1.52. The van der Waals surface area contributed by atoms with Crippen LogP contribution < -0.4 is 15.1 Å². The largest absolute Gasteiger partial charge is 0.378 e. The summed E-state index contributed by atoms with van der Waals surface area (Å²) in [6.07, 6.45) is 2.28. The van der Waals surface area contributed by atoms with Crippen LogP contribution in [-0.2, 0) is 4.74 Å². The van der Waals surface area contributed by atoms with Crippen LogP contribution in [0.5, 0.6) is 0 Å². The molecule has 0 unspecified atom stereocenters. The normalized spacial score (nSPS) is 21.8. The lowest BCUT2D eigenvalue weighted by atomic mass is 10.2. The Labute approximate surface area is 143 Å². The molecule has 1 aromatic rings. The van der Waals surface area contributed by atoms with Crippen molar-refractivity contribution >= 4 is 17.4 Å². The number of hydrogen-bond acceptors (Lipinski definition) is 4. The van der Waals surface area contributed by atoms with Crippen molar-refractivity contribution in [3.05, 3.63) is 24.3 Å². The minimum Gasteiger partial charge on any atom is -0.378 e. The van der Waals surface area contributed by atoms with Gasteiger partial charge in [-0.3, -0.25) is 0 Å². The average molecular weight is 330 g/mol. The van der Waals surface area contributed by atoms with Gasteiger partial charge in [0.1, 0.15) is 0 Å². The molecule has 0 atom stereocenters. The quantitative estimate of drug-likeness (QED) is 0.913. The van der Waals surface area contributed by atoms with E-state index in [1.165, 1.54) is 11.4 Å². The zero-order valence-electron chi connectivity index (χ0n) is 14.1. The number of morpholine rings is 1. The number of nitrogens with zero attached hydrogens (tertiary/aromatic N) is 3. The van der Waals surface area contributed by atoms with Gasteiger partial charge in [0.15, 0.2) is 0 Å². The molecule has 3 aliphatic rings. The van der Waals surface area contributed by atoms with Crippen molar-refractivity contribution in [1.82, 2.24) is 10.2 Å².